The Morgan fingerprint density at radius 1 is 1.14 bits per heavy atom. The molecule has 0 saturated carbocycles. The molecule has 2 aromatic carbocycles. The zero-order chi connectivity index (χ0) is 20.7. The van der Waals surface area contributed by atoms with Gasteiger partial charge in [0, 0.05) is 23.9 Å². The molecule has 0 bridgehead atoms. The first-order chi connectivity index (χ1) is 13.3. The standard InChI is InChI=1S/C18H17N3O6S/c1-26-15-7-3-11(9-16(15)27-2)4-8-17(23)20-18(28)19-13-10-12(21(24)25)5-6-14(13)22/h3-10,22H,1-2H3,(H2,19,20,23,28)/p-1/b8-4+. The first-order valence-electron chi connectivity index (χ1n) is 7.81. The Balaban J connectivity index is 2.01. The summed E-state index contributed by atoms with van der Waals surface area (Å²) in [7, 11) is 3.02. The van der Waals surface area contributed by atoms with Crippen molar-refractivity contribution in [3.63, 3.8) is 0 Å². The van der Waals surface area contributed by atoms with Crippen LogP contribution >= 0.6 is 12.2 Å². The normalized spacial score (nSPS) is 10.4. The summed E-state index contributed by atoms with van der Waals surface area (Å²) in [6.45, 7) is 0. The summed E-state index contributed by atoms with van der Waals surface area (Å²) in [6, 6.07) is 8.28. The molecule has 0 fully saturated rings. The summed E-state index contributed by atoms with van der Waals surface area (Å²) in [4.78, 5) is 22.1. The molecule has 2 rings (SSSR count). The van der Waals surface area contributed by atoms with E-state index in [0.29, 0.717) is 17.1 Å². The summed E-state index contributed by atoms with van der Waals surface area (Å²) < 4.78 is 10.3. The average Bonchev–Trinajstić information content (AvgIpc) is 2.67. The zero-order valence-electron chi connectivity index (χ0n) is 14.9. The van der Waals surface area contributed by atoms with Crippen LogP contribution in [0, 0.1) is 10.1 Å². The Labute approximate surface area is 165 Å². The third-order valence-corrected chi connectivity index (χ3v) is 3.70. The van der Waals surface area contributed by atoms with E-state index in [9.17, 15) is 20.0 Å². The number of nitro benzene ring substituents is 1. The molecule has 0 radical (unpaired) electrons. The van der Waals surface area contributed by atoms with Crippen LogP contribution in [0.1, 0.15) is 5.56 Å². The molecule has 28 heavy (non-hydrogen) atoms. The van der Waals surface area contributed by atoms with E-state index < -0.39 is 16.6 Å². The lowest BCUT2D eigenvalue weighted by Crippen LogP contribution is -2.33. The second-order valence-electron chi connectivity index (χ2n) is 5.33. The molecule has 1 amide bonds. The van der Waals surface area contributed by atoms with E-state index >= 15 is 0 Å². The van der Waals surface area contributed by atoms with Crippen LogP contribution in [0.2, 0.25) is 0 Å². The van der Waals surface area contributed by atoms with Crippen molar-refractivity contribution in [2.75, 3.05) is 19.5 Å². The van der Waals surface area contributed by atoms with Gasteiger partial charge in [0.2, 0.25) is 5.91 Å². The lowest BCUT2D eigenvalue weighted by atomic mass is 10.2. The minimum atomic E-state index is -0.641. The Kier molecular flexibility index (Phi) is 6.88. The highest BCUT2D eigenvalue weighted by molar-refractivity contribution is 7.80. The van der Waals surface area contributed by atoms with Crippen molar-refractivity contribution in [2.45, 2.75) is 0 Å². The van der Waals surface area contributed by atoms with Gasteiger partial charge >= 0.3 is 0 Å². The number of amides is 1. The van der Waals surface area contributed by atoms with E-state index in [1.54, 1.807) is 18.2 Å². The van der Waals surface area contributed by atoms with Crippen molar-refractivity contribution in [3.05, 3.63) is 58.2 Å². The molecule has 0 aliphatic heterocycles. The molecular formula is C18H16N3O6S-. The number of thiocarbonyl (C=S) groups is 1. The van der Waals surface area contributed by atoms with E-state index in [-0.39, 0.29) is 16.5 Å². The highest BCUT2D eigenvalue weighted by Crippen LogP contribution is 2.28. The topological polar surface area (TPSA) is 126 Å². The maximum Gasteiger partial charge on any atom is 0.271 e. The highest BCUT2D eigenvalue weighted by atomic mass is 32.1. The molecule has 10 heteroatoms. The average molecular weight is 402 g/mol. The lowest BCUT2D eigenvalue weighted by Gasteiger charge is -2.15. The van der Waals surface area contributed by atoms with Crippen molar-refractivity contribution in [2.24, 2.45) is 0 Å². The number of anilines is 1. The molecule has 146 valence electrons. The number of nitrogens with zero attached hydrogens (tertiary/aromatic N) is 1. The quantitative estimate of drug-likeness (QED) is 0.326. The van der Waals surface area contributed by atoms with Crippen LogP contribution in [0.25, 0.3) is 6.08 Å². The lowest BCUT2D eigenvalue weighted by molar-refractivity contribution is -0.385. The molecule has 0 aliphatic rings. The highest BCUT2D eigenvalue weighted by Gasteiger charge is 2.09. The van der Waals surface area contributed by atoms with Gasteiger partial charge < -0.3 is 19.9 Å². The van der Waals surface area contributed by atoms with Gasteiger partial charge in [-0.1, -0.05) is 17.9 Å². The van der Waals surface area contributed by atoms with E-state index in [1.807, 2.05) is 0 Å². The van der Waals surface area contributed by atoms with Crippen LogP contribution in [-0.2, 0) is 4.79 Å². The van der Waals surface area contributed by atoms with Gasteiger partial charge in [-0.3, -0.25) is 20.2 Å². The number of methoxy groups -OCH3 is 2. The number of rotatable bonds is 6. The van der Waals surface area contributed by atoms with Gasteiger partial charge in [0.1, 0.15) is 0 Å². The maximum absolute atomic E-state index is 12.0. The summed E-state index contributed by atoms with van der Waals surface area (Å²) in [6.07, 6.45) is 2.77. The van der Waals surface area contributed by atoms with Crippen LogP contribution in [0.15, 0.2) is 42.5 Å². The number of ether oxygens (including phenoxy) is 2. The largest absolute Gasteiger partial charge is 0.871 e. The third-order valence-electron chi connectivity index (χ3n) is 3.49. The molecule has 0 unspecified atom stereocenters. The van der Waals surface area contributed by atoms with Gasteiger partial charge in [0.15, 0.2) is 16.6 Å². The molecular weight excluding hydrogens is 386 g/mol. The van der Waals surface area contributed by atoms with E-state index in [4.69, 9.17) is 21.7 Å². The van der Waals surface area contributed by atoms with E-state index in [2.05, 4.69) is 10.6 Å². The molecule has 2 aromatic rings. The number of nitro groups is 1. The van der Waals surface area contributed by atoms with Crippen molar-refractivity contribution in [1.82, 2.24) is 5.32 Å². The fraction of sp³-hybridized carbons (Fsp3) is 0.111. The summed E-state index contributed by atoms with van der Waals surface area (Å²) in [5, 5.41) is 27.2. The van der Waals surface area contributed by atoms with Crippen molar-refractivity contribution >= 4 is 40.7 Å². The summed E-state index contributed by atoms with van der Waals surface area (Å²) in [5.41, 5.74) is 0.306. The Hall–Kier alpha value is -3.66. The number of hydrogen-bond acceptors (Lipinski definition) is 7. The Bertz CT molecular complexity index is 945. The van der Waals surface area contributed by atoms with Gasteiger partial charge in [0.25, 0.3) is 5.69 Å². The van der Waals surface area contributed by atoms with Crippen molar-refractivity contribution in [1.29, 1.82) is 0 Å². The van der Waals surface area contributed by atoms with Crippen LogP contribution < -0.4 is 25.2 Å². The second-order valence-corrected chi connectivity index (χ2v) is 5.74. The molecule has 0 spiro atoms. The van der Waals surface area contributed by atoms with E-state index in [1.165, 1.54) is 26.4 Å². The van der Waals surface area contributed by atoms with Crippen molar-refractivity contribution < 1.29 is 24.3 Å². The van der Waals surface area contributed by atoms with Crippen LogP contribution in [-0.4, -0.2) is 30.2 Å². The summed E-state index contributed by atoms with van der Waals surface area (Å²) in [5.74, 6) is 0.0176. The minimum absolute atomic E-state index is 0.108. The fourth-order valence-electron chi connectivity index (χ4n) is 2.16. The molecule has 0 aromatic heterocycles. The van der Waals surface area contributed by atoms with E-state index in [0.717, 1.165) is 18.2 Å². The predicted molar refractivity (Wildman–Crippen MR) is 105 cm³/mol. The monoisotopic (exact) mass is 402 g/mol. The van der Waals surface area contributed by atoms with Gasteiger partial charge in [-0.2, -0.15) is 0 Å². The number of hydrogen-bond donors (Lipinski definition) is 2. The molecule has 2 N–H and O–H groups in total. The number of non-ortho nitro benzene ring substituents is 1. The second kappa shape index (κ2) is 9.33. The van der Waals surface area contributed by atoms with Gasteiger partial charge in [-0.05, 0) is 36.0 Å². The first kappa shape index (κ1) is 20.6. The SMILES string of the molecule is COc1ccc(/C=C/C(=O)NC(=S)Nc2cc([N+](=O)[O-])ccc2[O-])cc1OC. The zero-order valence-corrected chi connectivity index (χ0v) is 15.7. The Morgan fingerprint density at radius 2 is 1.86 bits per heavy atom. The first-order valence-corrected chi connectivity index (χ1v) is 8.22. The number of nitrogens with one attached hydrogen (secondary N) is 2. The van der Waals surface area contributed by atoms with Gasteiger partial charge in [-0.15, -0.1) is 0 Å². The van der Waals surface area contributed by atoms with Crippen molar-refractivity contribution in [3.8, 4) is 17.2 Å². The van der Waals surface area contributed by atoms with Gasteiger partial charge in [0.05, 0.1) is 19.1 Å². The van der Waals surface area contributed by atoms with Gasteiger partial charge in [-0.25, -0.2) is 0 Å². The molecule has 0 aliphatic carbocycles. The smallest absolute Gasteiger partial charge is 0.271 e. The number of carbonyl (C=O) groups excluding carboxylic acids is 1. The van der Waals surface area contributed by atoms with Crippen LogP contribution in [0.5, 0.6) is 17.2 Å². The minimum Gasteiger partial charge on any atom is -0.871 e. The summed E-state index contributed by atoms with van der Waals surface area (Å²) >= 11 is 4.96. The maximum atomic E-state index is 12.0. The fourth-order valence-corrected chi connectivity index (χ4v) is 2.38. The van der Waals surface area contributed by atoms with Crippen LogP contribution in [0.4, 0.5) is 11.4 Å². The molecule has 0 saturated heterocycles. The predicted octanol–water partition coefficient (Wildman–Crippen LogP) is 2.21. The Morgan fingerprint density at radius 3 is 2.50 bits per heavy atom. The molecule has 9 nitrogen and oxygen atoms in total. The third kappa shape index (κ3) is 5.42. The number of carbonyl (C=O) groups is 1. The molecule has 0 heterocycles. The van der Waals surface area contributed by atoms with Crippen LogP contribution in [0.3, 0.4) is 0 Å². The number of benzene rings is 2. The molecule has 0 atom stereocenters.